The summed E-state index contributed by atoms with van der Waals surface area (Å²) in [4.78, 5) is 0. The molecule has 0 radical (unpaired) electrons. The molecule has 1 aliphatic rings. The molecule has 38 heavy (non-hydrogen) atoms. The first-order valence-corrected chi connectivity index (χ1v) is 13.5. The second-order valence-corrected chi connectivity index (χ2v) is 12.5. The van der Waals surface area contributed by atoms with Crippen LogP contribution in [0.15, 0.2) is 109 Å². The summed E-state index contributed by atoms with van der Waals surface area (Å²) in [7, 11) is 0. The van der Waals surface area contributed by atoms with Crippen LogP contribution in [0.2, 0.25) is 0 Å². The minimum Gasteiger partial charge on any atom is -0.159 e. The number of hydrogen-bond donors (Lipinski definition) is 0. The number of para-hydroxylation sites is 1. The molecule has 0 bridgehead atoms. The van der Waals surface area contributed by atoms with Crippen LogP contribution in [-0.2, 0) is 10.8 Å². The minimum atomic E-state index is 0.0440. The van der Waals surface area contributed by atoms with Gasteiger partial charge in [0.2, 0.25) is 22.8 Å². The zero-order chi connectivity index (χ0) is 26.7. The summed E-state index contributed by atoms with van der Waals surface area (Å²) in [5.41, 5.74) is 12.4. The molecule has 6 rings (SSSR count). The maximum Gasteiger partial charge on any atom is 0.225 e. The van der Waals surface area contributed by atoms with Crippen LogP contribution >= 0.6 is 0 Å². The van der Waals surface area contributed by atoms with E-state index in [9.17, 15) is 0 Å². The molecule has 3 aromatic carbocycles. The highest BCUT2D eigenvalue weighted by atomic mass is 15.0. The largest absolute Gasteiger partial charge is 0.225 e. The van der Waals surface area contributed by atoms with Crippen LogP contribution < -0.4 is 9.13 Å². The van der Waals surface area contributed by atoms with Gasteiger partial charge < -0.3 is 0 Å². The quantitative estimate of drug-likeness (QED) is 0.203. The van der Waals surface area contributed by atoms with Gasteiger partial charge in [0.1, 0.15) is 11.1 Å². The maximum atomic E-state index is 2.41. The van der Waals surface area contributed by atoms with E-state index < -0.39 is 0 Å². The highest BCUT2D eigenvalue weighted by Gasteiger charge is 2.35. The number of benzene rings is 3. The van der Waals surface area contributed by atoms with Crippen molar-refractivity contribution in [3.05, 3.63) is 121 Å². The average molecular weight is 497 g/mol. The van der Waals surface area contributed by atoms with E-state index in [2.05, 4.69) is 160 Å². The standard InChI is InChI=1S/C36H36N2/c1-35(2,3)27-17-20-32-29-14-10-11-15-31(29)37-23-28(36(4,5)6)18-21-34(37)30-22-26(25-12-8-7-9-13-25)16-19-33(30)38(32)24-27/h7-24H,1-6H3/q+2. The number of aromatic nitrogens is 2. The zero-order valence-corrected chi connectivity index (χ0v) is 23.3. The van der Waals surface area contributed by atoms with E-state index in [0.29, 0.717) is 0 Å². The SMILES string of the molecule is CC(C)(C)c1ccc2[n+](c1)-c1ccc(-c3ccccc3)cc1-c1ccc(C(C)(C)C)c[n+]1-c1ccccc1-2. The molecule has 3 heterocycles. The first-order valence-electron chi connectivity index (χ1n) is 13.5. The first-order chi connectivity index (χ1) is 18.1. The van der Waals surface area contributed by atoms with Crippen LogP contribution in [0.25, 0.3) is 45.0 Å². The number of fused-ring (bicyclic) bond motifs is 8. The molecule has 0 saturated carbocycles. The fraction of sp³-hybridized carbons (Fsp3) is 0.222. The van der Waals surface area contributed by atoms with Gasteiger partial charge in [0, 0.05) is 35.4 Å². The summed E-state index contributed by atoms with van der Waals surface area (Å²) in [6.07, 6.45) is 4.68. The normalized spacial score (nSPS) is 12.5. The molecule has 5 aromatic rings. The van der Waals surface area contributed by atoms with E-state index in [-0.39, 0.29) is 10.8 Å². The molecule has 0 unspecified atom stereocenters. The predicted molar refractivity (Wildman–Crippen MR) is 157 cm³/mol. The van der Waals surface area contributed by atoms with E-state index in [1.807, 2.05) is 0 Å². The van der Waals surface area contributed by atoms with Crippen LogP contribution in [-0.4, -0.2) is 0 Å². The molecule has 188 valence electrons. The molecule has 2 nitrogen and oxygen atoms in total. The maximum absolute atomic E-state index is 2.41. The molecule has 0 N–H and O–H groups in total. The summed E-state index contributed by atoms with van der Waals surface area (Å²) in [6.45, 7) is 13.7. The van der Waals surface area contributed by atoms with Gasteiger partial charge in [-0.1, -0.05) is 84.0 Å². The van der Waals surface area contributed by atoms with Gasteiger partial charge in [-0.3, -0.25) is 0 Å². The van der Waals surface area contributed by atoms with Crippen molar-refractivity contribution in [2.45, 2.75) is 52.4 Å². The van der Waals surface area contributed by atoms with Gasteiger partial charge >= 0.3 is 0 Å². The Morgan fingerprint density at radius 3 is 1.58 bits per heavy atom. The van der Waals surface area contributed by atoms with E-state index in [1.165, 1.54) is 56.1 Å². The third kappa shape index (κ3) is 4.15. The Morgan fingerprint density at radius 1 is 0.447 bits per heavy atom. The van der Waals surface area contributed by atoms with Crippen molar-refractivity contribution in [2.24, 2.45) is 0 Å². The van der Waals surface area contributed by atoms with Crippen LogP contribution in [0, 0.1) is 0 Å². The Labute approximate surface area is 226 Å². The lowest BCUT2D eigenvalue weighted by molar-refractivity contribution is -0.599. The summed E-state index contributed by atoms with van der Waals surface area (Å²) >= 11 is 0. The first kappa shape index (κ1) is 24.3. The van der Waals surface area contributed by atoms with Gasteiger partial charge in [0.15, 0.2) is 12.4 Å². The predicted octanol–water partition coefficient (Wildman–Crippen LogP) is 8.15. The van der Waals surface area contributed by atoms with Crippen LogP contribution in [0.1, 0.15) is 52.7 Å². The highest BCUT2D eigenvalue weighted by molar-refractivity contribution is 5.77. The molecule has 0 spiro atoms. The Hall–Kier alpha value is -4.04. The number of pyridine rings is 2. The highest BCUT2D eigenvalue weighted by Crippen LogP contribution is 2.35. The average Bonchev–Trinajstić information content (AvgIpc) is 2.91. The monoisotopic (exact) mass is 496 g/mol. The van der Waals surface area contributed by atoms with Gasteiger partial charge in [-0.2, -0.15) is 9.13 Å². The van der Waals surface area contributed by atoms with Crippen molar-refractivity contribution in [2.75, 3.05) is 0 Å². The third-order valence-corrected chi connectivity index (χ3v) is 7.71. The van der Waals surface area contributed by atoms with Crippen LogP contribution in [0.3, 0.4) is 0 Å². The van der Waals surface area contributed by atoms with Crippen LogP contribution in [0.5, 0.6) is 0 Å². The van der Waals surface area contributed by atoms with Gasteiger partial charge in [0.25, 0.3) is 0 Å². The number of rotatable bonds is 1. The second kappa shape index (κ2) is 8.77. The fourth-order valence-corrected chi connectivity index (χ4v) is 5.39. The topological polar surface area (TPSA) is 7.76 Å². The number of hydrogen-bond acceptors (Lipinski definition) is 0. The smallest absolute Gasteiger partial charge is 0.159 e. The Bertz CT molecular complexity index is 1640. The lowest BCUT2D eigenvalue weighted by Crippen LogP contribution is -2.42. The van der Waals surface area contributed by atoms with Gasteiger partial charge in [-0.15, -0.1) is 0 Å². The van der Waals surface area contributed by atoms with E-state index in [0.717, 1.165) is 0 Å². The van der Waals surface area contributed by atoms with E-state index in [4.69, 9.17) is 0 Å². The van der Waals surface area contributed by atoms with Crippen molar-refractivity contribution in [1.82, 2.24) is 0 Å². The molecule has 0 amide bonds. The second-order valence-electron chi connectivity index (χ2n) is 12.5. The van der Waals surface area contributed by atoms with Crippen molar-refractivity contribution in [1.29, 1.82) is 0 Å². The summed E-state index contributed by atoms with van der Waals surface area (Å²) in [5, 5.41) is 0. The number of nitrogens with zero attached hydrogens (tertiary/aromatic N) is 2. The van der Waals surface area contributed by atoms with E-state index in [1.54, 1.807) is 0 Å². The van der Waals surface area contributed by atoms with Gasteiger partial charge in [-0.05, 0) is 52.3 Å². The lowest BCUT2D eigenvalue weighted by atomic mass is 9.86. The summed E-state index contributed by atoms with van der Waals surface area (Å²) < 4.78 is 4.81. The molecule has 1 aliphatic heterocycles. The van der Waals surface area contributed by atoms with Gasteiger partial charge in [0.05, 0.1) is 0 Å². The molecule has 0 saturated heterocycles. The van der Waals surface area contributed by atoms with Crippen molar-refractivity contribution in [3.8, 4) is 45.0 Å². The molecule has 2 aromatic heterocycles. The van der Waals surface area contributed by atoms with Crippen LogP contribution in [0.4, 0.5) is 0 Å². The third-order valence-electron chi connectivity index (χ3n) is 7.71. The minimum absolute atomic E-state index is 0.0440. The Balaban J connectivity index is 1.74. The Morgan fingerprint density at radius 2 is 0.974 bits per heavy atom. The zero-order valence-electron chi connectivity index (χ0n) is 23.3. The molecule has 0 fully saturated rings. The molecule has 2 heteroatoms. The van der Waals surface area contributed by atoms with E-state index >= 15 is 0 Å². The molecule has 0 atom stereocenters. The van der Waals surface area contributed by atoms with Crippen molar-refractivity contribution >= 4 is 0 Å². The Kier molecular flexibility index (Phi) is 5.61. The van der Waals surface area contributed by atoms with Crippen molar-refractivity contribution in [3.63, 3.8) is 0 Å². The summed E-state index contributed by atoms with van der Waals surface area (Å²) in [5.74, 6) is 0. The molecular weight excluding hydrogens is 460 g/mol. The molecule has 0 aliphatic carbocycles. The van der Waals surface area contributed by atoms with Gasteiger partial charge in [-0.25, -0.2) is 0 Å². The fourth-order valence-electron chi connectivity index (χ4n) is 5.39. The lowest BCUT2D eigenvalue weighted by Gasteiger charge is -2.21. The summed E-state index contributed by atoms with van der Waals surface area (Å²) in [6, 6.07) is 35.6. The molecular formula is C36H36N2+2. The van der Waals surface area contributed by atoms with Crippen molar-refractivity contribution < 1.29 is 9.13 Å².